The van der Waals surface area contributed by atoms with Crippen molar-refractivity contribution in [3.8, 4) is 11.5 Å². The molecular formula is C14H16N2O4. The molecule has 0 radical (unpaired) electrons. The molecular weight excluding hydrogens is 260 g/mol. The zero-order chi connectivity index (χ0) is 13.9. The van der Waals surface area contributed by atoms with Gasteiger partial charge >= 0.3 is 0 Å². The Morgan fingerprint density at radius 3 is 2.55 bits per heavy atom. The molecule has 0 bridgehead atoms. The molecule has 2 amide bonds. The highest BCUT2D eigenvalue weighted by atomic mass is 16.6. The minimum Gasteiger partial charge on any atom is -0.485 e. The van der Waals surface area contributed by atoms with Gasteiger partial charge in [-0.25, -0.2) is 0 Å². The number of para-hydroxylation sites is 2. The number of carbonyl (C=O) groups excluding carboxylic acids is 2. The molecule has 1 aromatic carbocycles. The summed E-state index contributed by atoms with van der Waals surface area (Å²) >= 11 is 0. The van der Waals surface area contributed by atoms with Gasteiger partial charge in [0, 0.05) is 26.2 Å². The van der Waals surface area contributed by atoms with Gasteiger partial charge in [0.1, 0.15) is 6.61 Å². The van der Waals surface area contributed by atoms with Crippen molar-refractivity contribution in [2.75, 3.05) is 32.8 Å². The van der Waals surface area contributed by atoms with Crippen LogP contribution in [0.2, 0.25) is 0 Å². The van der Waals surface area contributed by atoms with Crippen LogP contribution in [0.3, 0.4) is 0 Å². The zero-order valence-corrected chi connectivity index (χ0v) is 11.0. The largest absolute Gasteiger partial charge is 0.485 e. The van der Waals surface area contributed by atoms with Crippen molar-refractivity contribution in [3.05, 3.63) is 24.3 Å². The van der Waals surface area contributed by atoms with E-state index in [-0.39, 0.29) is 12.5 Å². The van der Waals surface area contributed by atoms with Gasteiger partial charge in [-0.2, -0.15) is 0 Å². The van der Waals surface area contributed by atoms with Crippen LogP contribution in [0.25, 0.3) is 0 Å². The van der Waals surface area contributed by atoms with Crippen molar-refractivity contribution in [2.45, 2.75) is 6.10 Å². The van der Waals surface area contributed by atoms with Gasteiger partial charge < -0.3 is 19.3 Å². The Hall–Kier alpha value is -2.24. The normalized spacial score (nSPS) is 21.5. The molecule has 1 aromatic rings. The zero-order valence-electron chi connectivity index (χ0n) is 11.0. The van der Waals surface area contributed by atoms with Gasteiger partial charge in [-0.15, -0.1) is 0 Å². The first-order valence-corrected chi connectivity index (χ1v) is 6.64. The Morgan fingerprint density at radius 1 is 1.15 bits per heavy atom. The molecule has 6 heteroatoms. The number of piperazine rings is 1. The van der Waals surface area contributed by atoms with E-state index in [0.29, 0.717) is 37.7 Å². The summed E-state index contributed by atoms with van der Waals surface area (Å²) in [6.07, 6.45) is 0.214. The number of benzene rings is 1. The van der Waals surface area contributed by atoms with Crippen LogP contribution in [-0.4, -0.2) is 61.0 Å². The first kappa shape index (κ1) is 12.8. The number of nitrogens with zero attached hydrogens (tertiary/aromatic N) is 2. The average Bonchev–Trinajstić information content (AvgIpc) is 2.54. The second-order valence-electron chi connectivity index (χ2n) is 4.83. The summed E-state index contributed by atoms with van der Waals surface area (Å²) in [4.78, 5) is 26.4. The Kier molecular flexibility index (Phi) is 3.45. The molecule has 1 atom stereocenters. The van der Waals surface area contributed by atoms with Crippen LogP contribution in [0.15, 0.2) is 24.3 Å². The Balaban J connectivity index is 1.63. The van der Waals surface area contributed by atoms with Crippen LogP contribution in [-0.2, 0) is 9.59 Å². The van der Waals surface area contributed by atoms with Gasteiger partial charge in [0.2, 0.25) is 12.5 Å². The summed E-state index contributed by atoms with van der Waals surface area (Å²) < 4.78 is 11.3. The number of rotatable bonds is 2. The van der Waals surface area contributed by atoms with Crippen LogP contribution in [0, 0.1) is 0 Å². The van der Waals surface area contributed by atoms with Gasteiger partial charge in [-0.3, -0.25) is 9.59 Å². The third kappa shape index (κ3) is 2.41. The number of fused-ring (bicyclic) bond motifs is 1. The third-order valence-electron chi connectivity index (χ3n) is 3.56. The fraction of sp³-hybridized carbons (Fsp3) is 0.429. The maximum atomic E-state index is 12.4. The van der Waals surface area contributed by atoms with E-state index >= 15 is 0 Å². The van der Waals surface area contributed by atoms with E-state index in [2.05, 4.69) is 0 Å². The number of carbonyl (C=O) groups is 2. The van der Waals surface area contributed by atoms with E-state index < -0.39 is 6.10 Å². The predicted molar refractivity (Wildman–Crippen MR) is 70.6 cm³/mol. The predicted octanol–water partition coefficient (Wildman–Crippen LogP) is 0.127. The SMILES string of the molecule is O=CN1CCN(C(=O)C2COc3ccccc3O2)CC1. The molecule has 106 valence electrons. The van der Waals surface area contributed by atoms with Crippen molar-refractivity contribution in [3.63, 3.8) is 0 Å². The summed E-state index contributed by atoms with van der Waals surface area (Å²) in [5, 5.41) is 0. The van der Waals surface area contributed by atoms with Crippen molar-refractivity contribution in [2.24, 2.45) is 0 Å². The Bertz CT molecular complexity index is 512. The highest BCUT2D eigenvalue weighted by molar-refractivity contribution is 5.82. The molecule has 0 spiro atoms. The van der Waals surface area contributed by atoms with Crippen LogP contribution < -0.4 is 9.47 Å². The number of amides is 2. The fourth-order valence-electron chi connectivity index (χ4n) is 2.39. The van der Waals surface area contributed by atoms with Gasteiger partial charge in [0.15, 0.2) is 11.5 Å². The van der Waals surface area contributed by atoms with Crippen molar-refractivity contribution in [1.82, 2.24) is 9.80 Å². The van der Waals surface area contributed by atoms with Crippen LogP contribution in [0.5, 0.6) is 11.5 Å². The highest BCUT2D eigenvalue weighted by Crippen LogP contribution is 2.31. The summed E-state index contributed by atoms with van der Waals surface area (Å²) in [7, 11) is 0. The van der Waals surface area contributed by atoms with E-state index in [1.54, 1.807) is 15.9 Å². The lowest BCUT2D eigenvalue weighted by molar-refractivity contribution is -0.144. The van der Waals surface area contributed by atoms with E-state index in [4.69, 9.17) is 9.47 Å². The molecule has 2 aliphatic heterocycles. The van der Waals surface area contributed by atoms with E-state index in [0.717, 1.165) is 6.41 Å². The van der Waals surface area contributed by atoms with Crippen molar-refractivity contribution < 1.29 is 19.1 Å². The Labute approximate surface area is 116 Å². The molecule has 1 fully saturated rings. The molecule has 2 aliphatic rings. The maximum Gasteiger partial charge on any atom is 0.267 e. The van der Waals surface area contributed by atoms with Gasteiger partial charge in [0.25, 0.3) is 5.91 Å². The highest BCUT2D eigenvalue weighted by Gasteiger charge is 2.32. The molecule has 0 aliphatic carbocycles. The summed E-state index contributed by atoms with van der Waals surface area (Å²) in [5.74, 6) is 1.19. The van der Waals surface area contributed by atoms with Crippen LogP contribution in [0.4, 0.5) is 0 Å². The molecule has 20 heavy (non-hydrogen) atoms. The average molecular weight is 276 g/mol. The molecule has 1 saturated heterocycles. The third-order valence-corrected chi connectivity index (χ3v) is 3.56. The first-order chi connectivity index (χ1) is 9.78. The monoisotopic (exact) mass is 276 g/mol. The second-order valence-corrected chi connectivity index (χ2v) is 4.83. The molecule has 3 rings (SSSR count). The lowest BCUT2D eigenvalue weighted by atomic mass is 10.2. The first-order valence-electron chi connectivity index (χ1n) is 6.64. The summed E-state index contributed by atoms with van der Waals surface area (Å²) in [6.45, 7) is 2.45. The number of hydrogen-bond donors (Lipinski definition) is 0. The lowest BCUT2D eigenvalue weighted by Gasteiger charge is -2.35. The standard InChI is InChI=1S/C14H16N2O4/c17-10-15-5-7-16(8-6-15)14(18)13-9-19-11-3-1-2-4-12(11)20-13/h1-4,10,13H,5-9H2. The smallest absolute Gasteiger partial charge is 0.267 e. The minimum absolute atomic E-state index is 0.0787. The molecule has 1 unspecified atom stereocenters. The van der Waals surface area contributed by atoms with Gasteiger partial charge in [-0.1, -0.05) is 12.1 Å². The second kappa shape index (κ2) is 5.40. The molecule has 2 heterocycles. The van der Waals surface area contributed by atoms with Gasteiger partial charge in [-0.05, 0) is 12.1 Å². The molecule has 6 nitrogen and oxygen atoms in total. The van der Waals surface area contributed by atoms with Crippen LogP contribution >= 0.6 is 0 Å². The van der Waals surface area contributed by atoms with Crippen molar-refractivity contribution in [1.29, 1.82) is 0 Å². The molecule has 0 saturated carbocycles. The molecule has 0 aromatic heterocycles. The minimum atomic E-state index is -0.604. The van der Waals surface area contributed by atoms with E-state index in [1.807, 2.05) is 18.2 Å². The fourth-order valence-corrected chi connectivity index (χ4v) is 2.39. The summed E-state index contributed by atoms with van der Waals surface area (Å²) in [5.41, 5.74) is 0. The maximum absolute atomic E-state index is 12.4. The quantitative estimate of drug-likeness (QED) is 0.720. The number of ether oxygens (including phenoxy) is 2. The van der Waals surface area contributed by atoms with Gasteiger partial charge in [0.05, 0.1) is 0 Å². The van der Waals surface area contributed by atoms with Crippen LogP contribution in [0.1, 0.15) is 0 Å². The van der Waals surface area contributed by atoms with Crippen molar-refractivity contribution >= 4 is 12.3 Å². The number of hydrogen-bond acceptors (Lipinski definition) is 4. The van der Waals surface area contributed by atoms with E-state index in [1.165, 1.54) is 0 Å². The molecule has 0 N–H and O–H groups in total. The topological polar surface area (TPSA) is 59.1 Å². The van der Waals surface area contributed by atoms with E-state index in [9.17, 15) is 9.59 Å². The lowest BCUT2D eigenvalue weighted by Crippen LogP contribution is -2.53. The summed E-state index contributed by atoms with van der Waals surface area (Å²) in [6, 6.07) is 7.32. The Morgan fingerprint density at radius 2 is 1.85 bits per heavy atom.